The van der Waals surface area contributed by atoms with Gasteiger partial charge in [-0.25, -0.2) is 4.39 Å². The summed E-state index contributed by atoms with van der Waals surface area (Å²) in [5.74, 6) is 1.91. The topological polar surface area (TPSA) is 82.1 Å². The lowest BCUT2D eigenvalue weighted by Gasteiger charge is -2.23. The van der Waals surface area contributed by atoms with Gasteiger partial charge in [-0.3, -0.25) is 14.5 Å². The first-order valence-electron chi connectivity index (χ1n) is 12.2. The fourth-order valence-electron chi connectivity index (χ4n) is 5.59. The van der Waals surface area contributed by atoms with Crippen molar-refractivity contribution in [3.05, 3.63) is 81.8 Å². The molecule has 0 saturated carbocycles. The largest absolute Gasteiger partial charge is 0.493 e. The third-order valence-corrected chi connectivity index (χ3v) is 7.30. The number of benzene rings is 1. The first-order chi connectivity index (χ1) is 17.7. The third kappa shape index (κ3) is 2.92. The van der Waals surface area contributed by atoms with E-state index in [-0.39, 0.29) is 12.4 Å². The minimum absolute atomic E-state index is 0.250. The molecule has 0 fully saturated rings. The zero-order valence-corrected chi connectivity index (χ0v) is 20.0. The summed E-state index contributed by atoms with van der Waals surface area (Å²) in [6.07, 6.45) is 5.03. The maximum atomic E-state index is 15.0. The minimum Gasteiger partial charge on any atom is -0.493 e. The van der Waals surface area contributed by atoms with Crippen LogP contribution in [0.5, 0.6) is 5.75 Å². The predicted molar refractivity (Wildman–Crippen MR) is 133 cm³/mol. The number of ether oxygens (including phenoxy) is 1. The number of halogens is 1. The Morgan fingerprint density at radius 3 is 3.03 bits per heavy atom. The van der Waals surface area contributed by atoms with Crippen LogP contribution in [0.4, 0.5) is 4.39 Å². The highest BCUT2D eigenvalue weighted by atomic mass is 19.1. The van der Waals surface area contributed by atoms with Crippen molar-refractivity contribution in [2.75, 3.05) is 6.61 Å². The second kappa shape index (κ2) is 7.87. The number of aliphatic imine (C=N–C) groups is 1. The van der Waals surface area contributed by atoms with Gasteiger partial charge < -0.3 is 14.6 Å². The molecule has 8 nitrogen and oxygen atoms in total. The third-order valence-electron chi connectivity index (χ3n) is 7.30. The van der Waals surface area contributed by atoms with Crippen LogP contribution < -0.4 is 20.6 Å². The molecule has 0 amide bonds. The summed E-state index contributed by atoms with van der Waals surface area (Å²) in [4.78, 5) is 9.64. The number of hydrogen-bond acceptors (Lipinski definition) is 6. The number of aryl methyl sites for hydroxylation is 1. The molecule has 6 heterocycles. The van der Waals surface area contributed by atoms with Crippen molar-refractivity contribution >= 4 is 17.1 Å². The Kier molecular flexibility index (Phi) is 4.60. The van der Waals surface area contributed by atoms with E-state index in [9.17, 15) is 4.39 Å². The van der Waals surface area contributed by atoms with Crippen molar-refractivity contribution < 1.29 is 9.13 Å². The van der Waals surface area contributed by atoms with Crippen molar-refractivity contribution in [1.29, 1.82) is 0 Å². The lowest BCUT2D eigenvalue weighted by atomic mass is 9.98. The molecular formula is C27H24FN7O. The van der Waals surface area contributed by atoms with E-state index in [1.165, 1.54) is 11.8 Å². The first kappa shape index (κ1) is 21.0. The zero-order valence-electron chi connectivity index (χ0n) is 20.0. The number of fused-ring (bicyclic) bond motifs is 4. The van der Waals surface area contributed by atoms with Crippen LogP contribution in [-0.2, 0) is 26.1 Å². The van der Waals surface area contributed by atoms with Crippen LogP contribution in [0.3, 0.4) is 0 Å². The molecule has 4 aromatic rings. The number of nitrogens with one attached hydrogen (secondary N) is 1. The van der Waals surface area contributed by atoms with Gasteiger partial charge in [0.05, 0.1) is 12.3 Å². The number of hydrogen-bond donors (Lipinski definition) is 1. The van der Waals surface area contributed by atoms with Crippen LogP contribution in [0, 0.1) is 5.82 Å². The van der Waals surface area contributed by atoms with Gasteiger partial charge in [-0.2, -0.15) is 0 Å². The van der Waals surface area contributed by atoms with Crippen molar-refractivity contribution in [1.82, 2.24) is 29.6 Å². The zero-order chi connectivity index (χ0) is 24.4. The Hall–Kier alpha value is -4.27. The average Bonchev–Trinajstić information content (AvgIpc) is 3.63. The molecule has 3 aliphatic rings. The van der Waals surface area contributed by atoms with Crippen LogP contribution >= 0.6 is 0 Å². The number of rotatable bonds is 4. The van der Waals surface area contributed by atoms with Gasteiger partial charge >= 0.3 is 0 Å². The van der Waals surface area contributed by atoms with E-state index < -0.39 is 0 Å². The van der Waals surface area contributed by atoms with Crippen LogP contribution in [-0.4, -0.2) is 36.6 Å². The van der Waals surface area contributed by atoms with E-state index in [2.05, 4.69) is 39.1 Å². The molecule has 0 atom stereocenters. The fraction of sp³-hybridized carbons (Fsp3) is 0.259. The molecule has 0 unspecified atom stereocenters. The van der Waals surface area contributed by atoms with Crippen molar-refractivity contribution in [2.45, 2.75) is 39.9 Å². The second-order valence-electron chi connectivity index (χ2n) is 9.17. The van der Waals surface area contributed by atoms with Gasteiger partial charge in [0, 0.05) is 58.1 Å². The van der Waals surface area contributed by atoms with E-state index in [1.807, 2.05) is 17.6 Å². The Labute approximate surface area is 206 Å². The highest BCUT2D eigenvalue weighted by Gasteiger charge is 2.29. The lowest BCUT2D eigenvalue weighted by molar-refractivity contribution is 0.356. The number of aromatic nitrogens is 5. The van der Waals surface area contributed by atoms with Gasteiger partial charge in [0.2, 0.25) is 0 Å². The molecule has 36 heavy (non-hydrogen) atoms. The quantitative estimate of drug-likeness (QED) is 0.483. The molecule has 180 valence electrons. The predicted octanol–water partition coefficient (Wildman–Crippen LogP) is 2.13. The molecule has 0 radical (unpaired) electrons. The van der Waals surface area contributed by atoms with Crippen LogP contribution in [0.15, 0.2) is 47.8 Å². The van der Waals surface area contributed by atoms with Crippen LogP contribution in [0.25, 0.3) is 22.8 Å². The van der Waals surface area contributed by atoms with Gasteiger partial charge in [0.1, 0.15) is 35.7 Å². The SMILES string of the molecule is CCc1cc2c3n1CN=C(C)C3=c1cccnc1=C(NCc1c(F)ccc3c1CCO3)n1cnnc1-2. The molecule has 3 aromatic heterocycles. The molecule has 9 heteroatoms. The molecule has 7 rings (SSSR count). The van der Waals surface area contributed by atoms with E-state index in [4.69, 9.17) is 14.7 Å². The Morgan fingerprint density at radius 2 is 2.14 bits per heavy atom. The van der Waals surface area contributed by atoms with Crippen molar-refractivity contribution in [3.8, 4) is 17.1 Å². The maximum Gasteiger partial charge on any atom is 0.171 e. The standard InChI is InChI=1S/C27H24FN7O/c1-3-16-11-19-25-23(15(2)31-13-34(16)25)18-5-4-9-29-24(18)27(35-14-32-33-26(19)35)30-12-20-17-8-10-36-22(17)7-6-21(20)28/h4-7,9,11,14,30H,3,8,10,12-13H2,1-2H3. The summed E-state index contributed by atoms with van der Waals surface area (Å²) >= 11 is 0. The highest BCUT2D eigenvalue weighted by Crippen LogP contribution is 2.35. The number of pyridine rings is 1. The van der Waals surface area contributed by atoms with Gasteiger partial charge in [-0.1, -0.05) is 13.0 Å². The van der Waals surface area contributed by atoms with E-state index in [0.29, 0.717) is 36.9 Å². The summed E-state index contributed by atoms with van der Waals surface area (Å²) < 4.78 is 24.8. The van der Waals surface area contributed by atoms with Gasteiger partial charge in [-0.15, -0.1) is 10.2 Å². The normalized spacial score (nSPS) is 15.2. The average molecular weight is 482 g/mol. The number of nitrogens with zero attached hydrogens (tertiary/aromatic N) is 6. The summed E-state index contributed by atoms with van der Waals surface area (Å²) in [5, 5.41) is 14.0. The fourth-order valence-corrected chi connectivity index (χ4v) is 5.59. The Morgan fingerprint density at radius 1 is 1.22 bits per heavy atom. The minimum atomic E-state index is -0.250. The van der Waals surface area contributed by atoms with E-state index in [0.717, 1.165) is 50.8 Å². The monoisotopic (exact) mass is 481 g/mol. The van der Waals surface area contributed by atoms with Crippen molar-refractivity contribution in [2.24, 2.45) is 4.99 Å². The molecule has 1 aromatic carbocycles. The Balaban J connectivity index is 1.51. The second-order valence-corrected chi connectivity index (χ2v) is 9.17. The summed E-state index contributed by atoms with van der Waals surface area (Å²) in [6.45, 7) is 5.61. The summed E-state index contributed by atoms with van der Waals surface area (Å²) in [5.41, 5.74) is 6.79. The van der Waals surface area contributed by atoms with E-state index >= 15 is 0 Å². The van der Waals surface area contributed by atoms with Crippen molar-refractivity contribution in [3.63, 3.8) is 0 Å². The van der Waals surface area contributed by atoms with Crippen LogP contribution in [0.1, 0.15) is 36.4 Å². The molecule has 3 aliphatic heterocycles. The maximum absolute atomic E-state index is 15.0. The highest BCUT2D eigenvalue weighted by molar-refractivity contribution is 6.24. The molecule has 0 aliphatic carbocycles. The summed E-state index contributed by atoms with van der Waals surface area (Å²) in [6, 6.07) is 9.37. The molecular weight excluding hydrogens is 457 g/mol. The van der Waals surface area contributed by atoms with Crippen LogP contribution in [0.2, 0.25) is 0 Å². The molecule has 0 bridgehead atoms. The summed E-state index contributed by atoms with van der Waals surface area (Å²) in [7, 11) is 0. The van der Waals surface area contributed by atoms with Gasteiger partial charge in [0.25, 0.3) is 0 Å². The van der Waals surface area contributed by atoms with Gasteiger partial charge in [-0.05, 0) is 37.6 Å². The molecule has 1 N–H and O–H groups in total. The van der Waals surface area contributed by atoms with Gasteiger partial charge in [0.15, 0.2) is 5.82 Å². The smallest absolute Gasteiger partial charge is 0.171 e. The molecule has 0 spiro atoms. The Bertz CT molecular complexity index is 1710. The molecule has 0 saturated heterocycles. The first-order valence-corrected chi connectivity index (χ1v) is 12.2. The van der Waals surface area contributed by atoms with E-state index in [1.54, 1.807) is 18.6 Å². The lowest BCUT2D eigenvalue weighted by Crippen LogP contribution is -2.41.